The summed E-state index contributed by atoms with van der Waals surface area (Å²) in [5, 5.41) is 2.18. The van der Waals surface area contributed by atoms with Crippen LogP contribution < -0.4 is 11.1 Å². The number of nitrogens with one attached hydrogen (secondary N) is 1. The van der Waals surface area contributed by atoms with E-state index in [-0.39, 0.29) is 4.31 Å². The Morgan fingerprint density at radius 2 is 2.24 bits per heavy atom. The van der Waals surface area contributed by atoms with Crippen LogP contribution in [0.3, 0.4) is 0 Å². The number of nitrogens with two attached hydrogens (primary N) is 1. The van der Waals surface area contributed by atoms with Gasteiger partial charge in [-0.2, -0.15) is 8.42 Å². The van der Waals surface area contributed by atoms with Gasteiger partial charge in [0, 0.05) is 7.11 Å². The van der Waals surface area contributed by atoms with Crippen LogP contribution in [-0.4, -0.2) is 54.5 Å². The lowest BCUT2D eigenvalue weighted by atomic mass is 10.1. The second-order valence-electron chi connectivity index (χ2n) is 3.60. The zero-order chi connectivity index (χ0) is 13.4. The lowest BCUT2D eigenvalue weighted by molar-refractivity contribution is -0.180. The van der Waals surface area contributed by atoms with Crippen LogP contribution in [0.5, 0.6) is 0 Å². The Hall–Kier alpha value is -1.23. The van der Waals surface area contributed by atoms with E-state index in [1.807, 2.05) is 0 Å². The fraction of sp³-hybridized carbons (Fsp3) is 0.714. The van der Waals surface area contributed by atoms with Gasteiger partial charge in [0.25, 0.3) is 5.91 Å². The third-order valence-electron chi connectivity index (χ3n) is 2.30. The Kier molecular flexibility index (Phi) is 3.43. The molecule has 1 saturated heterocycles. The minimum atomic E-state index is -4.63. The number of methoxy groups -OCH3 is 1. The largest absolute Gasteiger partial charge is 0.362 e. The summed E-state index contributed by atoms with van der Waals surface area (Å²) in [5.74, 6) is -1.74. The van der Waals surface area contributed by atoms with Gasteiger partial charge in [0.2, 0.25) is 11.6 Å². The number of hydrogen-bond donors (Lipinski definition) is 3. The highest BCUT2D eigenvalue weighted by Gasteiger charge is 2.58. The van der Waals surface area contributed by atoms with Crippen LogP contribution in [0.4, 0.5) is 0 Å². The van der Waals surface area contributed by atoms with E-state index >= 15 is 0 Å². The molecular formula is C7H13N3O6S. The zero-order valence-corrected chi connectivity index (χ0v) is 10.0. The Morgan fingerprint density at radius 3 is 2.53 bits per heavy atom. The average Bonchev–Trinajstić information content (AvgIpc) is 2.20. The summed E-state index contributed by atoms with van der Waals surface area (Å²) in [6.07, 6.45) is 0. The van der Waals surface area contributed by atoms with Gasteiger partial charge in [-0.3, -0.25) is 14.1 Å². The molecule has 1 aliphatic heterocycles. The van der Waals surface area contributed by atoms with Crippen molar-refractivity contribution in [1.29, 1.82) is 0 Å². The van der Waals surface area contributed by atoms with Gasteiger partial charge in [0.1, 0.15) is 0 Å². The van der Waals surface area contributed by atoms with Crippen molar-refractivity contribution >= 4 is 22.1 Å². The van der Waals surface area contributed by atoms with Gasteiger partial charge < -0.3 is 15.8 Å². The highest BCUT2D eigenvalue weighted by Crippen LogP contribution is 2.26. The molecule has 1 aliphatic rings. The molecule has 0 saturated carbocycles. The lowest BCUT2D eigenvalue weighted by Crippen LogP contribution is -2.76. The summed E-state index contributed by atoms with van der Waals surface area (Å²) in [6, 6.07) is -0.880. The van der Waals surface area contributed by atoms with Crippen molar-refractivity contribution < 1.29 is 27.3 Å². The second-order valence-corrected chi connectivity index (χ2v) is 4.94. The number of nitrogens with zero attached hydrogens (tertiary/aromatic N) is 1. The molecule has 0 aromatic carbocycles. The quantitative estimate of drug-likeness (QED) is 0.289. The van der Waals surface area contributed by atoms with Crippen LogP contribution in [0.2, 0.25) is 0 Å². The number of carbonyl (C=O) groups excluding carboxylic acids is 2. The van der Waals surface area contributed by atoms with Gasteiger partial charge in [-0.1, -0.05) is 0 Å². The van der Waals surface area contributed by atoms with Crippen molar-refractivity contribution in [3.05, 3.63) is 0 Å². The van der Waals surface area contributed by atoms with E-state index in [0.717, 1.165) is 7.11 Å². The van der Waals surface area contributed by atoms with Crippen molar-refractivity contribution in [3.8, 4) is 0 Å². The first-order chi connectivity index (χ1) is 7.64. The van der Waals surface area contributed by atoms with E-state index in [1.165, 1.54) is 6.92 Å². The van der Waals surface area contributed by atoms with Crippen molar-refractivity contribution in [1.82, 2.24) is 9.62 Å². The van der Waals surface area contributed by atoms with Crippen LogP contribution in [0.15, 0.2) is 0 Å². The topological polar surface area (TPSA) is 139 Å². The van der Waals surface area contributed by atoms with Gasteiger partial charge in [0.05, 0.1) is 12.6 Å². The van der Waals surface area contributed by atoms with Gasteiger partial charge in [-0.25, -0.2) is 4.31 Å². The molecule has 9 nitrogen and oxygen atoms in total. The SMILES string of the molecule is COC1(NC(=O)[C@@H](C)N)CN(S(=O)(=O)O)C1=O. The normalized spacial score (nSPS) is 26.4. The molecule has 1 unspecified atom stereocenters. The van der Waals surface area contributed by atoms with Gasteiger partial charge in [0.15, 0.2) is 0 Å². The Labute approximate surface area is 97.8 Å². The molecule has 0 radical (unpaired) electrons. The van der Waals surface area contributed by atoms with Crippen LogP contribution in [0.25, 0.3) is 0 Å². The molecule has 2 atom stereocenters. The Bertz CT molecular complexity index is 447. The van der Waals surface area contributed by atoms with Crippen LogP contribution in [0.1, 0.15) is 6.92 Å². The van der Waals surface area contributed by atoms with Gasteiger partial charge >= 0.3 is 10.3 Å². The average molecular weight is 267 g/mol. The van der Waals surface area contributed by atoms with Crippen LogP contribution in [-0.2, 0) is 24.6 Å². The van der Waals surface area contributed by atoms with Gasteiger partial charge in [-0.15, -0.1) is 0 Å². The van der Waals surface area contributed by atoms with Gasteiger partial charge in [-0.05, 0) is 6.92 Å². The predicted octanol–water partition coefficient (Wildman–Crippen LogP) is -2.56. The highest BCUT2D eigenvalue weighted by molar-refractivity contribution is 7.84. The van der Waals surface area contributed by atoms with Crippen molar-refractivity contribution in [2.24, 2.45) is 5.73 Å². The molecule has 4 N–H and O–H groups in total. The minimum absolute atomic E-state index is 0.179. The summed E-state index contributed by atoms with van der Waals surface area (Å²) >= 11 is 0. The molecule has 1 fully saturated rings. The van der Waals surface area contributed by atoms with E-state index in [9.17, 15) is 18.0 Å². The number of β-lactam (4-membered cyclic amide) rings is 1. The molecule has 0 spiro atoms. The first-order valence-electron chi connectivity index (χ1n) is 4.56. The maximum atomic E-state index is 11.5. The van der Waals surface area contributed by atoms with Crippen LogP contribution in [0, 0.1) is 0 Å². The first-order valence-corrected chi connectivity index (χ1v) is 5.96. The summed E-state index contributed by atoms with van der Waals surface area (Å²) in [6.45, 7) is 0.891. The summed E-state index contributed by atoms with van der Waals surface area (Å²) in [5.41, 5.74) is 3.51. The van der Waals surface area contributed by atoms with Crippen molar-refractivity contribution in [2.75, 3.05) is 13.7 Å². The minimum Gasteiger partial charge on any atom is -0.349 e. The molecule has 98 valence electrons. The smallest absolute Gasteiger partial charge is 0.349 e. The monoisotopic (exact) mass is 267 g/mol. The zero-order valence-electron chi connectivity index (χ0n) is 9.21. The highest BCUT2D eigenvalue weighted by atomic mass is 32.2. The number of hydrogen-bond acceptors (Lipinski definition) is 6. The lowest BCUT2D eigenvalue weighted by Gasteiger charge is -2.45. The molecule has 1 heterocycles. The molecule has 17 heavy (non-hydrogen) atoms. The fourth-order valence-electron chi connectivity index (χ4n) is 1.25. The number of rotatable bonds is 4. The van der Waals surface area contributed by atoms with E-state index in [1.54, 1.807) is 0 Å². The third-order valence-corrected chi connectivity index (χ3v) is 3.16. The van der Waals surface area contributed by atoms with Crippen LogP contribution >= 0.6 is 0 Å². The Balaban J connectivity index is 2.84. The Morgan fingerprint density at radius 1 is 1.71 bits per heavy atom. The molecule has 0 aromatic heterocycles. The molecular weight excluding hydrogens is 254 g/mol. The summed E-state index contributed by atoms with van der Waals surface area (Å²) in [7, 11) is -3.51. The first kappa shape index (κ1) is 13.8. The third kappa shape index (κ3) is 2.39. The molecule has 0 aliphatic carbocycles. The molecule has 0 aromatic rings. The van der Waals surface area contributed by atoms with Crippen molar-refractivity contribution in [2.45, 2.75) is 18.7 Å². The molecule has 10 heteroatoms. The molecule has 0 bridgehead atoms. The number of carbonyl (C=O) groups is 2. The number of ether oxygens (including phenoxy) is 1. The summed E-state index contributed by atoms with van der Waals surface area (Å²) < 4.78 is 35.0. The summed E-state index contributed by atoms with van der Waals surface area (Å²) in [4.78, 5) is 22.8. The maximum absolute atomic E-state index is 11.5. The van der Waals surface area contributed by atoms with Crippen molar-refractivity contribution in [3.63, 3.8) is 0 Å². The van der Waals surface area contributed by atoms with E-state index in [0.29, 0.717) is 0 Å². The van der Waals surface area contributed by atoms with E-state index in [2.05, 4.69) is 5.32 Å². The van der Waals surface area contributed by atoms with E-state index in [4.69, 9.17) is 15.0 Å². The predicted molar refractivity (Wildman–Crippen MR) is 54.8 cm³/mol. The number of amides is 2. The maximum Gasteiger partial charge on any atom is 0.362 e. The fourth-order valence-corrected chi connectivity index (χ4v) is 1.95. The molecule has 1 rings (SSSR count). The molecule has 2 amide bonds. The second kappa shape index (κ2) is 4.22. The van der Waals surface area contributed by atoms with E-state index < -0.39 is 40.4 Å². The standard InChI is InChI=1S/C7H13N3O6S/c1-4(8)5(11)9-7(16-2)3-10(6(7)12)17(13,14)15/h4H,3,8H2,1-2H3,(H,9,11)(H,13,14,15)/t4-,7?/m1/s1.